The zero-order chi connectivity index (χ0) is 20.3. The number of carbonyl (C=O) groups is 3. The second-order valence-electron chi connectivity index (χ2n) is 6.78. The molecule has 0 radical (unpaired) electrons. The van der Waals surface area contributed by atoms with E-state index < -0.39 is 36.0 Å². The van der Waals surface area contributed by atoms with Crippen LogP contribution in [0.3, 0.4) is 0 Å². The number of hydrogen-bond acceptors (Lipinski definition) is 7. The van der Waals surface area contributed by atoms with Gasteiger partial charge in [0.15, 0.2) is 5.78 Å². The number of carbonyl (C=O) groups excluding carboxylic acids is 3. The van der Waals surface area contributed by atoms with E-state index in [-0.39, 0.29) is 25.3 Å². The Kier molecular flexibility index (Phi) is 12.0. The van der Waals surface area contributed by atoms with E-state index in [9.17, 15) is 19.5 Å². The Bertz CT molecular complexity index is 456. The SMILES string of the molecule is CCC(=O)[C@H](CCN)NC(=O)[C@@H](NC(=O)[C@H](CN)NCC(C)C)[C@H](C)O. The molecule has 9 nitrogen and oxygen atoms in total. The molecule has 0 aliphatic rings. The highest BCUT2D eigenvalue weighted by Crippen LogP contribution is 2.01. The zero-order valence-electron chi connectivity index (χ0n) is 16.2. The molecule has 8 N–H and O–H groups in total. The van der Waals surface area contributed by atoms with Crippen molar-refractivity contribution in [1.82, 2.24) is 16.0 Å². The fourth-order valence-electron chi connectivity index (χ4n) is 2.31. The summed E-state index contributed by atoms with van der Waals surface area (Å²) in [6, 6.07) is -2.61. The maximum Gasteiger partial charge on any atom is 0.245 e. The molecule has 0 bridgehead atoms. The highest BCUT2D eigenvalue weighted by molar-refractivity contribution is 5.93. The van der Waals surface area contributed by atoms with Crippen molar-refractivity contribution < 1.29 is 19.5 Å². The van der Waals surface area contributed by atoms with Crippen LogP contribution in [0.4, 0.5) is 0 Å². The van der Waals surface area contributed by atoms with Crippen molar-refractivity contribution in [2.45, 2.75) is 64.8 Å². The lowest BCUT2D eigenvalue weighted by molar-refractivity contribution is -0.134. The number of aliphatic hydroxyl groups is 1. The monoisotopic (exact) mass is 373 g/mol. The molecule has 0 saturated carbocycles. The van der Waals surface area contributed by atoms with Crippen LogP contribution in [-0.4, -0.2) is 66.6 Å². The summed E-state index contributed by atoms with van der Waals surface area (Å²) in [6.45, 7) is 7.94. The minimum Gasteiger partial charge on any atom is -0.391 e. The smallest absolute Gasteiger partial charge is 0.245 e. The van der Waals surface area contributed by atoms with Crippen LogP contribution in [0.1, 0.15) is 40.5 Å². The molecule has 0 unspecified atom stereocenters. The fraction of sp³-hybridized carbons (Fsp3) is 0.824. The Morgan fingerprint density at radius 3 is 2.04 bits per heavy atom. The standard InChI is InChI=1S/C17H35N5O4/c1-5-14(24)12(6-7-18)21-17(26)15(11(4)23)22-16(25)13(8-19)20-9-10(2)3/h10-13,15,20,23H,5-9,18-19H2,1-4H3,(H,21,26)(H,22,25)/t11-,12-,13-,15-/m0/s1. The van der Waals surface area contributed by atoms with E-state index >= 15 is 0 Å². The van der Waals surface area contributed by atoms with E-state index in [1.165, 1.54) is 6.92 Å². The first kappa shape index (κ1) is 24.5. The number of Topliss-reactive ketones (excluding diaryl/α,β-unsaturated/α-hetero) is 1. The maximum atomic E-state index is 12.5. The highest BCUT2D eigenvalue weighted by Gasteiger charge is 2.30. The normalized spacial score (nSPS) is 15.8. The zero-order valence-corrected chi connectivity index (χ0v) is 16.2. The summed E-state index contributed by atoms with van der Waals surface area (Å²) in [5.41, 5.74) is 11.1. The molecule has 0 saturated heterocycles. The van der Waals surface area contributed by atoms with Gasteiger partial charge in [0, 0.05) is 13.0 Å². The molecule has 0 rings (SSSR count). The van der Waals surface area contributed by atoms with Crippen molar-refractivity contribution in [3.05, 3.63) is 0 Å². The average molecular weight is 373 g/mol. The van der Waals surface area contributed by atoms with E-state index in [2.05, 4.69) is 16.0 Å². The molecule has 0 aliphatic heterocycles. The van der Waals surface area contributed by atoms with Crippen LogP contribution in [0.5, 0.6) is 0 Å². The minimum absolute atomic E-state index is 0.0524. The van der Waals surface area contributed by atoms with E-state index in [0.29, 0.717) is 18.9 Å². The van der Waals surface area contributed by atoms with Gasteiger partial charge in [-0.1, -0.05) is 20.8 Å². The summed E-state index contributed by atoms with van der Waals surface area (Å²) in [6.07, 6.45) is -0.594. The van der Waals surface area contributed by atoms with Crippen LogP contribution in [-0.2, 0) is 14.4 Å². The molecule has 9 heteroatoms. The van der Waals surface area contributed by atoms with Crippen LogP contribution >= 0.6 is 0 Å². The summed E-state index contributed by atoms with van der Waals surface area (Å²) >= 11 is 0. The van der Waals surface area contributed by atoms with Gasteiger partial charge in [-0.05, 0) is 32.4 Å². The first-order valence-corrected chi connectivity index (χ1v) is 9.12. The first-order chi connectivity index (χ1) is 12.2. The number of nitrogens with two attached hydrogens (primary N) is 2. The third-order valence-electron chi connectivity index (χ3n) is 3.90. The molecule has 0 heterocycles. The molecule has 0 spiro atoms. The summed E-state index contributed by atoms with van der Waals surface area (Å²) in [4.78, 5) is 36.8. The van der Waals surface area contributed by atoms with Gasteiger partial charge in [0.25, 0.3) is 0 Å². The van der Waals surface area contributed by atoms with Gasteiger partial charge < -0.3 is 32.5 Å². The van der Waals surface area contributed by atoms with Crippen LogP contribution in [0.25, 0.3) is 0 Å². The number of hydrogen-bond donors (Lipinski definition) is 6. The van der Waals surface area contributed by atoms with Gasteiger partial charge in [-0.15, -0.1) is 0 Å². The molecule has 0 aliphatic carbocycles. The lowest BCUT2D eigenvalue weighted by Gasteiger charge is -2.26. The Morgan fingerprint density at radius 2 is 1.62 bits per heavy atom. The molecule has 0 aromatic heterocycles. The molecular formula is C17H35N5O4. The molecular weight excluding hydrogens is 338 g/mol. The molecule has 26 heavy (non-hydrogen) atoms. The van der Waals surface area contributed by atoms with Gasteiger partial charge in [0.2, 0.25) is 11.8 Å². The van der Waals surface area contributed by atoms with E-state index in [4.69, 9.17) is 11.5 Å². The second-order valence-corrected chi connectivity index (χ2v) is 6.78. The van der Waals surface area contributed by atoms with Crippen LogP contribution in [0.15, 0.2) is 0 Å². The summed E-state index contributed by atoms with van der Waals surface area (Å²) in [5.74, 6) is -0.942. The molecule has 0 aromatic rings. The van der Waals surface area contributed by atoms with Crippen LogP contribution in [0, 0.1) is 5.92 Å². The van der Waals surface area contributed by atoms with Crippen LogP contribution in [0.2, 0.25) is 0 Å². The Labute approximate surface area is 155 Å². The van der Waals surface area contributed by atoms with Gasteiger partial charge >= 0.3 is 0 Å². The number of ketones is 1. The van der Waals surface area contributed by atoms with Crippen molar-refractivity contribution in [2.75, 3.05) is 19.6 Å². The third-order valence-corrected chi connectivity index (χ3v) is 3.90. The average Bonchev–Trinajstić information content (AvgIpc) is 2.58. The lowest BCUT2D eigenvalue weighted by atomic mass is 10.0. The molecule has 0 fully saturated rings. The predicted molar refractivity (Wildman–Crippen MR) is 100 cm³/mol. The Hall–Kier alpha value is -1.55. The quantitative estimate of drug-likeness (QED) is 0.223. The largest absolute Gasteiger partial charge is 0.391 e. The molecule has 4 atom stereocenters. The first-order valence-electron chi connectivity index (χ1n) is 9.12. The molecule has 2 amide bonds. The number of nitrogens with one attached hydrogen (secondary N) is 3. The van der Waals surface area contributed by atoms with Crippen molar-refractivity contribution >= 4 is 17.6 Å². The van der Waals surface area contributed by atoms with Crippen LogP contribution < -0.4 is 27.4 Å². The Balaban J connectivity index is 5.01. The van der Waals surface area contributed by atoms with Gasteiger partial charge in [0.1, 0.15) is 6.04 Å². The van der Waals surface area contributed by atoms with E-state index in [1.54, 1.807) is 6.92 Å². The second kappa shape index (κ2) is 12.7. The number of amides is 2. The van der Waals surface area contributed by atoms with Crippen molar-refractivity contribution in [3.63, 3.8) is 0 Å². The maximum absolute atomic E-state index is 12.5. The van der Waals surface area contributed by atoms with Gasteiger partial charge in [-0.3, -0.25) is 14.4 Å². The summed E-state index contributed by atoms with van der Waals surface area (Å²) < 4.78 is 0. The number of rotatable bonds is 13. The summed E-state index contributed by atoms with van der Waals surface area (Å²) in [5, 5.41) is 18.0. The molecule has 0 aromatic carbocycles. The minimum atomic E-state index is -1.19. The third kappa shape index (κ3) is 8.70. The Morgan fingerprint density at radius 1 is 1.00 bits per heavy atom. The van der Waals surface area contributed by atoms with Gasteiger partial charge in [0.05, 0.1) is 18.2 Å². The molecule has 152 valence electrons. The van der Waals surface area contributed by atoms with Gasteiger partial charge in [-0.2, -0.15) is 0 Å². The van der Waals surface area contributed by atoms with Gasteiger partial charge in [-0.25, -0.2) is 0 Å². The lowest BCUT2D eigenvalue weighted by Crippen LogP contribution is -2.60. The number of aliphatic hydroxyl groups excluding tert-OH is 1. The highest BCUT2D eigenvalue weighted by atomic mass is 16.3. The topological polar surface area (TPSA) is 160 Å². The predicted octanol–water partition coefficient (Wildman–Crippen LogP) is -1.76. The van der Waals surface area contributed by atoms with E-state index in [1.807, 2.05) is 13.8 Å². The summed E-state index contributed by atoms with van der Waals surface area (Å²) in [7, 11) is 0. The van der Waals surface area contributed by atoms with Crippen molar-refractivity contribution in [3.8, 4) is 0 Å². The van der Waals surface area contributed by atoms with Crippen molar-refractivity contribution in [2.24, 2.45) is 17.4 Å². The van der Waals surface area contributed by atoms with E-state index in [0.717, 1.165) is 0 Å². The van der Waals surface area contributed by atoms with Crippen molar-refractivity contribution in [1.29, 1.82) is 0 Å². The fourth-order valence-corrected chi connectivity index (χ4v) is 2.31.